The molecule has 0 fully saturated rings. The lowest BCUT2D eigenvalue weighted by Gasteiger charge is -2.28. The zero-order chi connectivity index (χ0) is 45.2. The molecule has 0 spiro atoms. The standard InChI is InChI=1S/C45H48P2.C10H8O6S2/c1(2-4-24-38-46(40-26-12-6-13-27-40,41-28-14-7-15-29-41)42-30-16-8-17-31-42)3-5-25-39-47(43-32-18-9-19-33-43,44-34-20-10-21-35-44)45-36-22-11-23-37-45;11-15-16-17-9-3-1-7-2-4-10(18(12,13)14)6-8(7)5-9/h6-23,26-37H,1-5,24-25,38-39H2;1-6,11H,(H,12,13,14)/q+2;/p-2. The van der Waals surface area contributed by atoms with Gasteiger partial charge in [0.05, 0.1) is 29.3 Å². The Morgan fingerprint density at radius 1 is 0.400 bits per heavy atom. The van der Waals surface area contributed by atoms with Gasteiger partial charge < -0.3 is 9.81 Å². The van der Waals surface area contributed by atoms with Gasteiger partial charge in [0.1, 0.15) is 56.5 Å². The molecule has 0 N–H and O–H groups in total. The summed E-state index contributed by atoms with van der Waals surface area (Å²) >= 11 is 0.686. The molecule has 6 nitrogen and oxygen atoms in total. The molecule has 0 saturated heterocycles. The Hall–Kier alpha value is -4.98. The predicted octanol–water partition coefficient (Wildman–Crippen LogP) is 10.7. The van der Waals surface area contributed by atoms with Gasteiger partial charge in [-0.05, 0) is 134 Å². The number of fused-ring (bicyclic) bond motifs is 1. The molecule has 0 unspecified atom stereocenters. The Bertz CT molecular complexity index is 2420. The third-order valence-corrected chi connectivity index (χ3v) is 22.4. The van der Waals surface area contributed by atoms with Crippen molar-refractivity contribution >= 4 is 79.3 Å². The lowest BCUT2D eigenvalue weighted by atomic mass is 10.1. The first-order chi connectivity index (χ1) is 31.8. The van der Waals surface area contributed by atoms with Gasteiger partial charge in [-0.15, -0.1) is 0 Å². The third-order valence-electron chi connectivity index (χ3n) is 11.9. The molecular weight excluding hydrogens is 883 g/mol. The molecule has 8 aromatic carbocycles. The van der Waals surface area contributed by atoms with Gasteiger partial charge >= 0.3 is 0 Å². The van der Waals surface area contributed by atoms with Crippen LogP contribution in [0.15, 0.2) is 228 Å². The average Bonchev–Trinajstić information content (AvgIpc) is 3.36. The van der Waals surface area contributed by atoms with Gasteiger partial charge in [-0.2, -0.15) is 4.33 Å². The van der Waals surface area contributed by atoms with Crippen LogP contribution in [0.4, 0.5) is 0 Å². The van der Waals surface area contributed by atoms with E-state index in [4.69, 9.17) is 0 Å². The molecule has 0 aromatic heterocycles. The second kappa shape index (κ2) is 24.0. The van der Waals surface area contributed by atoms with Crippen LogP contribution >= 0.6 is 26.6 Å². The molecule has 0 radical (unpaired) electrons. The van der Waals surface area contributed by atoms with Gasteiger partial charge in [0.2, 0.25) is 0 Å². The van der Waals surface area contributed by atoms with E-state index in [1.807, 2.05) is 0 Å². The molecule has 0 aliphatic carbocycles. The van der Waals surface area contributed by atoms with Gasteiger partial charge in [0.25, 0.3) is 0 Å². The number of rotatable bonds is 20. The van der Waals surface area contributed by atoms with Crippen molar-refractivity contribution in [3.63, 3.8) is 0 Å². The molecule has 0 saturated carbocycles. The van der Waals surface area contributed by atoms with Crippen LogP contribution in [-0.2, 0) is 19.5 Å². The largest absolute Gasteiger partial charge is 0.744 e. The summed E-state index contributed by atoms with van der Waals surface area (Å²) in [5, 5.41) is 23.2. The van der Waals surface area contributed by atoms with Crippen molar-refractivity contribution < 1.29 is 27.6 Å². The molecule has 0 heterocycles. The Kier molecular flexibility index (Phi) is 17.7. The minimum absolute atomic E-state index is 0.307. The molecule has 332 valence electrons. The number of unbranched alkanes of at least 4 members (excludes halogenated alkanes) is 6. The highest BCUT2D eigenvalue weighted by atomic mass is 32.2. The summed E-state index contributed by atoms with van der Waals surface area (Å²) in [4.78, 5) is 0.233. The molecule has 0 amide bonds. The fourth-order valence-electron chi connectivity index (χ4n) is 8.81. The number of hydrogen-bond acceptors (Lipinski definition) is 7. The van der Waals surface area contributed by atoms with Crippen LogP contribution in [0, 0.1) is 0 Å². The normalized spacial score (nSPS) is 11.8. The first-order valence-corrected chi connectivity index (χ1v) is 28.2. The summed E-state index contributed by atoms with van der Waals surface area (Å²) < 4.78 is 36.8. The molecule has 65 heavy (non-hydrogen) atoms. The zero-order valence-corrected chi connectivity index (χ0v) is 39.7. The third kappa shape index (κ3) is 12.3. The highest BCUT2D eigenvalue weighted by Gasteiger charge is 2.45. The topological polar surface area (TPSA) is 98.7 Å². The molecule has 8 aromatic rings. The minimum Gasteiger partial charge on any atom is -0.744 e. The highest BCUT2D eigenvalue weighted by Crippen LogP contribution is 2.57. The fraction of sp³-hybridized carbons (Fsp3) is 0.164. The van der Waals surface area contributed by atoms with Gasteiger partial charge in [0.15, 0.2) is 0 Å². The van der Waals surface area contributed by atoms with Crippen LogP contribution in [0.5, 0.6) is 0 Å². The van der Waals surface area contributed by atoms with Crippen molar-refractivity contribution in [3.8, 4) is 0 Å². The van der Waals surface area contributed by atoms with Crippen molar-refractivity contribution in [2.75, 3.05) is 12.3 Å². The van der Waals surface area contributed by atoms with E-state index in [9.17, 15) is 18.2 Å². The first kappa shape index (κ1) is 48.0. The van der Waals surface area contributed by atoms with Gasteiger partial charge in [-0.25, -0.2) is 8.42 Å². The number of hydrogen-bond donors (Lipinski definition) is 0. The van der Waals surface area contributed by atoms with Crippen LogP contribution < -0.4 is 37.1 Å². The lowest BCUT2D eigenvalue weighted by molar-refractivity contribution is -0.777. The van der Waals surface area contributed by atoms with E-state index >= 15 is 0 Å². The van der Waals surface area contributed by atoms with Crippen LogP contribution in [-0.4, -0.2) is 25.3 Å². The van der Waals surface area contributed by atoms with E-state index in [-0.39, 0.29) is 4.90 Å². The van der Waals surface area contributed by atoms with Crippen LogP contribution in [0.1, 0.15) is 44.9 Å². The quantitative estimate of drug-likeness (QED) is 0.0187. The van der Waals surface area contributed by atoms with E-state index in [0.29, 0.717) is 22.3 Å². The van der Waals surface area contributed by atoms with Crippen molar-refractivity contribution in [1.82, 2.24) is 0 Å². The van der Waals surface area contributed by atoms with Gasteiger partial charge in [0, 0.05) is 4.90 Å². The molecule has 0 aliphatic heterocycles. The maximum atomic E-state index is 10.9. The highest BCUT2D eigenvalue weighted by molar-refractivity contribution is 7.96. The van der Waals surface area contributed by atoms with Crippen molar-refractivity contribution in [2.45, 2.75) is 54.7 Å². The Balaban J connectivity index is 0.000000292. The first-order valence-electron chi connectivity index (χ1n) is 22.1. The van der Waals surface area contributed by atoms with E-state index in [1.54, 1.807) is 18.2 Å². The summed E-state index contributed by atoms with van der Waals surface area (Å²) in [5.41, 5.74) is 0. The average molecular weight is 937 g/mol. The maximum absolute atomic E-state index is 10.9. The molecule has 8 rings (SSSR count). The monoisotopic (exact) mass is 936 g/mol. The molecule has 0 bridgehead atoms. The summed E-state index contributed by atoms with van der Waals surface area (Å²) in [6.45, 7) is 0. The van der Waals surface area contributed by atoms with E-state index in [2.05, 4.69) is 191 Å². The van der Waals surface area contributed by atoms with Crippen molar-refractivity contribution in [2.24, 2.45) is 0 Å². The molecule has 0 atom stereocenters. The minimum atomic E-state index is -4.49. The van der Waals surface area contributed by atoms with Gasteiger partial charge in [-0.1, -0.05) is 141 Å². The summed E-state index contributed by atoms with van der Waals surface area (Å²) in [5.74, 6) is 0. The van der Waals surface area contributed by atoms with Gasteiger partial charge in [-0.3, -0.25) is 5.04 Å². The summed E-state index contributed by atoms with van der Waals surface area (Å²) in [6.07, 6.45) is 11.5. The Morgan fingerprint density at radius 2 is 0.723 bits per heavy atom. The Morgan fingerprint density at radius 3 is 1.05 bits per heavy atom. The van der Waals surface area contributed by atoms with E-state index in [0.717, 1.165) is 5.39 Å². The number of benzene rings is 8. The van der Waals surface area contributed by atoms with Crippen LogP contribution in [0.25, 0.3) is 10.8 Å². The second-order valence-electron chi connectivity index (χ2n) is 15.9. The SMILES string of the molecule is O=S(=O)([O-])c1ccc2ccc(SOO[O-])cc2c1.c1ccc([P+](CCCCCCCCC[P+](c2ccccc2)(c2ccccc2)c2ccccc2)(c2ccccc2)c2ccccc2)cc1. The Labute approximate surface area is 390 Å². The molecule has 0 aliphatic rings. The van der Waals surface area contributed by atoms with Crippen LogP contribution in [0.2, 0.25) is 0 Å². The van der Waals surface area contributed by atoms with E-state index < -0.39 is 24.6 Å². The van der Waals surface area contributed by atoms with Crippen LogP contribution in [0.3, 0.4) is 0 Å². The fourth-order valence-corrected chi connectivity index (χ4v) is 18.5. The van der Waals surface area contributed by atoms with Crippen molar-refractivity contribution in [3.05, 3.63) is 218 Å². The lowest BCUT2D eigenvalue weighted by Crippen LogP contribution is -2.33. The molecule has 10 heteroatoms. The van der Waals surface area contributed by atoms with Crippen molar-refractivity contribution in [1.29, 1.82) is 0 Å². The second-order valence-corrected chi connectivity index (χ2v) is 25.3. The van der Waals surface area contributed by atoms with E-state index in [1.165, 1.54) is 107 Å². The predicted molar refractivity (Wildman–Crippen MR) is 272 cm³/mol. The maximum Gasteiger partial charge on any atom is 0.124 e. The summed E-state index contributed by atoms with van der Waals surface area (Å²) in [7, 11) is -7.93. The summed E-state index contributed by atoms with van der Waals surface area (Å²) in [6, 6.07) is 77.0. The smallest absolute Gasteiger partial charge is 0.124 e. The zero-order valence-electron chi connectivity index (χ0n) is 36.3. The molecular formula is C55H54O6P2S2.